The van der Waals surface area contributed by atoms with E-state index in [9.17, 15) is 0 Å². The molecule has 0 amide bonds. The summed E-state index contributed by atoms with van der Waals surface area (Å²) in [6.45, 7) is 0. The Balaban J connectivity index is 1.06. The molecule has 4 heterocycles. The monoisotopic (exact) mass is 735 g/mol. The SMILES string of the molecule is c1ccc(-c2ccc(-c3nc(-c4ccc5c(c4)sc4cccc(-c6nc(-c7ccccc7)nc(-c7ccccc7)n6)c45)nc4c3oc3ccccc34)cc2)cc1. The molecule has 0 spiro atoms. The summed E-state index contributed by atoms with van der Waals surface area (Å²) < 4.78 is 8.72. The zero-order chi connectivity index (χ0) is 37.0. The van der Waals surface area contributed by atoms with Crippen LogP contribution in [0.2, 0.25) is 0 Å². The highest BCUT2D eigenvalue weighted by atomic mass is 32.1. The molecule has 0 fully saturated rings. The Hall–Kier alpha value is -7.35. The van der Waals surface area contributed by atoms with Crippen LogP contribution in [0, 0.1) is 0 Å². The molecule has 0 radical (unpaired) electrons. The van der Waals surface area contributed by atoms with E-state index in [4.69, 9.17) is 29.3 Å². The summed E-state index contributed by atoms with van der Waals surface area (Å²) in [6.07, 6.45) is 0. The maximum atomic E-state index is 6.44. The van der Waals surface area contributed by atoms with Crippen molar-refractivity contribution >= 4 is 53.6 Å². The van der Waals surface area contributed by atoms with Crippen molar-refractivity contribution in [3.63, 3.8) is 0 Å². The maximum absolute atomic E-state index is 6.44. The smallest absolute Gasteiger partial charge is 0.180 e. The van der Waals surface area contributed by atoms with Crippen LogP contribution in [0.1, 0.15) is 0 Å². The highest BCUT2D eigenvalue weighted by Crippen LogP contribution is 2.42. The number of furan rings is 1. The van der Waals surface area contributed by atoms with Gasteiger partial charge >= 0.3 is 0 Å². The van der Waals surface area contributed by atoms with Crippen LogP contribution in [0.5, 0.6) is 0 Å². The van der Waals surface area contributed by atoms with Crippen LogP contribution in [0.15, 0.2) is 180 Å². The molecule has 0 N–H and O–H groups in total. The maximum Gasteiger partial charge on any atom is 0.180 e. The Labute approximate surface area is 325 Å². The topological polar surface area (TPSA) is 77.6 Å². The van der Waals surface area contributed by atoms with Crippen LogP contribution < -0.4 is 0 Å². The average Bonchev–Trinajstić information content (AvgIpc) is 3.85. The summed E-state index contributed by atoms with van der Waals surface area (Å²) in [5, 5.41) is 3.20. The predicted octanol–water partition coefficient (Wildman–Crippen LogP) is 12.9. The fourth-order valence-corrected chi connectivity index (χ4v) is 8.62. The molecule has 11 aromatic rings. The average molecular weight is 736 g/mol. The van der Waals surface area contributed by atoms with Gasteiger partial charge in [-0.15, -0.1) is 11.3 Å². The van der Waals surface area contributed by atoms with Crippen LogP contribution >= 0.6 is 11.3 Å². The number of benzene rings is 7. The Morgan fingerprint density at radius 3 is 1.66 bits per heavy atom. The molecule has 6 nitrogen and oxygen atoms in total. The van der Waals surface area contributed by atoms with Gasteiger partial charge in [0.1, 0.15) is 16.8 Å². The summed E-state index contributed by atoms with van der Waals surface area (Å²) in [5.74, 6) is 2.55. The van der Waals surface area contributed by atoms with Crippen molar-refractivity contribution in [1.82, 2.24) is 24.9 Å². The van der Waals surface area contributed by atoms with Gasteiger partial charge in [-0.3, -0.25) is 0 Å². The van der Waals surface area contributed by atoms with Gasteiger partial charge in [0.15, 0.2) is 28.9 Å². The highest BCUT2D eigenvalue weighted by molar-refractivity contribution is 7.26. The molecule has 7 aromatic carbocycles. The molecule has 0 saturated carbocycles. The Bertz CT molecular complexity index is 3180. The van der Waals surface area contributed by atoms with E-state index in [1.54, 1.807) is 11.3 Å². The first-order valence-corrected chi connectivity index (χ1v) is 19.2. The normalized spacial score (nSPS) is 11.6. The zero-order valence-electron chi connectivity index (χ0n) is 29.8. The third kappa shape index (κ3) is 5.52. The fraction of sp³-hybridized carbons (Fsp3) is 0. The minimum absolute atomic E-state index is 0.635. The van der Waals surface area contributed by atoms with E-state index in [1.807, 2.05) is 84.9 Å². The van der Waals surface area contributed by atoms with Crippen LogP contribution in [0.25, 0.3) is 110 Å². The Kier molecular flexibility index (Phi) is 7.57. The van der Waals surface area contributed by atoms with Crippen molar-refractivity contribution in [2.75, 3.05) is 0 Å². The van der Waals surface area contributed by atoms with E-state index < -0.39 is 0 Å². The number of aromatic nitrogens is 5. The largest absolute Gasteiger partial charge is 0.452 e. The molecule has 56 heavy (non-hydrogen) atoms. The molecule has 7 heteroatoms. The third-order valence-corrected chi connectivity index (χ3v) is 11.3. The van der Waals surface area contributed by atoms with Gasteiger partial charge in [-0.2, -0.15) is 0 Å². The van der Waals surface area contributed by atoms with Gasteiger partial charge in [-0.05, 0) is 35.4 Å². The van der Waals surface area contributed by atoms with Crippen LogP contribution in [-0.4, -0.2) is 24.9 Å². The van der Waals surface area contributed by atoms with E-state index in [2.05, 4.69) is 91.0 Å². The Morgan fingerprint density at radius 1 is 0.375 bits per heavy atom. The number of nitrogens with zero attached hydrogens (tertiary/aromatic N) is 5. The molecule has 262 valence electrons. The molecule has 0 atom stereocenters. The van der Waals surface area contributed by atoms with Gasteiger partial charge in [-0.1, -0.05) is 152 Å². The van der Waals surface area contributed by atoms with Gasteiger partial charge in [-0.25, -0.2) is 24.9 Å². The van der Waals surface area contributed by atoms with Gasteiger partial charge in [0.05, 0.1) is 0 Å². The van der Waals surface area contributed by atoms with Gasteiger partial charge in [0, 0.05) is 53.4 Å². The summed E-state index contributed by atoms with van der Waals surface area (Å²) in [4.78, 5) is 25.4. The minimum atomic E-state index is 0.635. The van der Waals surface area contributed by atoms with E-state index in [0.717, 1.165) is 75.7 Å². The van der Waals surface area contributed by atoms with Crippen molar-refractivity contribution < 1.29 is 4.42 Å². The van der Waals surface area contributed by atoms with Crippen molar-refractivity contribution in [2.24, 2.45) is 0 Å². The first-order chi connectivity index (χ1) is 27.7. The molecule has 0 bridgehead atoms. The summed E-state index contributed by atoms with van der Waals surface area (Å²) in [7, 11) is 0. The molecule has 0 aliphatic heterocycles. The summed E-state index contributed by atoms with van der Waals surface area (Å²) in [6, 6.07) is 60.0. The van der Waals surface area contributed by atoms with Crippen molar-refractivity contribution in [2.45, 2.75) is 0 Å². The lowest BCUT2D eigenvalue weighted by Crippen LogP contribution is -2.00. The standard InChI is InChI=1S/C49H29N5OS/c1-4-13-30(14-5-1)31-23-25-32(26-24-31)43-45-44(36-19-10-11-21-39(36)55-45)51-48(50-43)35-27-28-37-41(29-35)56-40-22-12-20-38(42(37)40)49-53-46(33-15-6-2-7-16-33)52-47(54-49)34-17-8-3-9-18-34/h1-29H. The second-order valence-corrected chi connectivity index (χ2v) is 14.7. The first kappa shape index (κ1) is 32.1. The van der Waals surface area contributed by atoms with Crippen LogP contribution in [0.3, 0.4) is 0 Å². The first-order valence-electron chi connectivity index (χ1n) is 18.4. The molecule has 0 aliphatic rings. The number of thiophene rings is 1. The summed E-state index contributed by atoms with van der Waals surface area (Å²) in [5.41, 5.74) is 10.1. The number of hydrogen-bond acceptors (Lipinski definition) is 7. The number of rotatable bonds is 6. The van der Waals surface area contributed by atoms with E-state index in [-0.39, 0.29) is 0 Å². The third-order valence-electron chi connectivity index (χ3n) is 10.2. The molecule has 0 aliphatic carbocycles. The van der Waals surface area contributed by atoms with E-state index in [0.29, 0.717) is 28.9 Å². The van der Waals surface area contributed by atoms with Gasteiger partial charge < -0.3 is 4.42 Å². The fourth-order valence-electron chi connectivity index (χ4n) is 7.45. The lowest BCUT2D eigenvalue weighted by molar-refractivity contribution is 0.667. The quantitative estimate of drug-likeness (QED) is 0.169. The van der Waals surface area contributed by atoms with Crippen LogP contribution in [-0.2, 0) is 0 Å². The number of hydrogen-bond donors (Lipinski definition) is 0. The van der Waals surface area contributed by atoms with Gasteiger partial charge in [0.2, 0.25) is 0 Å². The second-order valence-electron chi connectivity index (χ2n) is 13.6. The zero-order valence-corrected chi connectivity index (χ0v) is 30.6. The number of para-hydroxylation sites is 1. The minimum Gasteiger partial charge on any atom is -0.452 e. The molecule has 4 aromatic heterocycles. The Morgan fingerprint density at radius 2 is 0.946 bits per heavy atom. The molecule has 0 saturated heterocycles. The molecular formula is C49H29N5OS. The molecule has 11 rings (SSSR count). The van der Waals surface area contributed by atoms with Gasteiger partial charge in [0.25, 0.3) is 0 Å². The van der Waals surface area contributed by atoms with Crippen molar-refractivity contribution in [1.29, 1.82) is 0 Å². The second kappa shape index (κ2) is 13.2. The van der Waals surface area contributed by atoms with Crippen molar-refractivity contribution in [3.8, 4) is 67.9 Å². The van der Waals surface area contributed by atoms with Crippen molar-refractivity contribution in [3.05, 3.63) is 176 Å². The summed E-state index contributed by atoms with van der Waals surface area (Å²) >= 11 is 1.74. The lowest BCUT2D eigenvalue weighted by atomic mass is 10.0. The number of fused-ring (bicyclic) bond motifs is 6. The van der Waals surface area contributed by atoms with E-state index >= 15 is 0 Å². The molecule has 0 unspecified atom stereocenters. The predicted molar refractivity (Wildman–Crippen MR) is 228 cm³/mol. The van der Waals surface area contributed by atoms with Crippen LogP contribution in [0.4, 0.5) is 0 Å². The lowest BCUT2D eigenvalue weighted by Gasteiger charge is -2.10. The highest BCUT2D eigenvalue weighted by Gasteiger charge is 2.21. The van der Waals surface area contributed by atoms with E-state index in [1.165, 1.54) is 5.56 Å². The molecular weight excluding hydrogens is 707 g/mol.